The largest absolute Gasteiger partial charge is 0.444 e. The number of carbonyl (C=O) groups excluding carboxylic acids is 2. The first-order chi connectivity index (χ1) is 19.4. The normalized spacial score (nSPS) is 22.5. The Morgan fingerprint density at radius 1 is 1.22 bits per heavy atom. The fourth-order valence-electron chi connectivity index (χ4n) is 7.02. The zero-order valence-corrected chi connectivity index (χ0v) is 25.6. The van der Waals surface area contributed by atoms with Crippen molar-refractivity contribution >= 4 is 51.0 Å². The molecular formula is C29H32BrClN6O4. The summed E-state index contributed by atoms with van der Waals surface area (Å²) in [4.78, 5) is 46.3. The Hall–Kier alpha value is -2.92. The summed E-state index contributed by atoms with van der Waals surface area (Å²) in [6.45, 7) is 6.56. The minimum atomic E-state index is -0.572. The van der Waals surface area contributed by atoms with E-state index in [-0.39, 0.29) is 40.2 Å². The van der Waals surface area contributed by atoms with E-state index < -0.39 is 5.60 Å². The second-order valence-electron chi connectivity index (χ2n) is 12.9. The average molecular weight is 644 g/mol. The maximum atomic E-state index is 13.9. The van der Waals surface area contributed by atoms with Gasteiger partial charge in [-0.1, -0.05) is 17.7 Å². The summed E-state index contributed by atoms with van der Waals surface area (Å²) in [5.74, 6) is 1.10. The van der Waals surface area contributed by atoms with Gasteiger partial charge in [-0.2, -0.15) is 9.50 Å². The predicted molar refractivity (Wildman–Crippen MR) is 157 cm³/mol. The molecule has 3 aromatic rings. The summed E-state index contributed by atoms with van der Waals surface area (Å²) in [5, 5.41) is 7.82. The molecule has 3 aliphatic carbocycles. The van der Waals surface area contributed by atoms with E-state index in [1.54, 1.807) is 4.90 Å². The molecule has 2 unspecified atom stereocenters. The molecule has 2 saturated carbocycles. The number of anilines is 1. The van der Waals surface area contributed by atoms with Crippen LogP contribution in [0.15, 0.2) is 27.7 Å². The zero-order chi connectivity index (χ0) is 28.8. The number of hydrogen-bond acceptors (Lipinski definition) is 6. The van der Waals surface area contributed by atoms with Crippen LogP contribution in [-0.2, 0) is 21.5 Å². The van der Waals surface area contributed by atoms with Crippen molar-refractivity contribution in [2.24, 2.45) is 5.92 Å². The Bertz CT molecular complexity index is 1660. The standard InChI is InChI=1S/C29H32BrClN6O4/c1-28(2,3)41-27(40)35-10-8-29(9-11-35)18-13-17(18)23-22(29)24(39)37-26(33-25(30)34-37)36(23)14-21(38)32-20-7-6-16(12-19(20)31)15-4-5-15/h6-7,12,15,17-18H,4-5,8-11,13-14H2,1-3H3,(H,32,38). The molecule has 1 spiro atoms. The van der Waals surface area contributed by atoms with Gasteiger partial charge in [0.05, 0.1) is 10.7 Å². The lowest BCUT2D eigenvalue weighted by Crippen LogP contribution is -2.49. The van der Waals surface area contributed by atoms with E-state index in [4.69, 9.17) is 16.3 Å². The van der Waals surface area contributed by atoms with Crippen LogP contribution in [0.3, 0.4) is 0 Å². The van der Waals surface area contributed by atoms with E-state index in [2.05, 4.69) is 31.3 Å². The van der Waals surface area contributed by atoms with Crippen molar-refractivity contribution < 1.29 is 14.3 Å². The van der Waals surface area contributed by atoms with Gasteiger partial charge in [-0.05, 0) is 98.3 Å². The van der Waals surface area contributed by atoms with Gasteiger partial charge in [-0.3, -0.25) is 9.59 Å². The van der Waals surface area contributed by atoms with E-state index in [1.165, 1.54) is 22.9 Å². The lowest BCUT2D eigenvalue weighted by atomic mass is 9.71. The highest BCUT2D eigenvalue weighted by molar-refractivity contribution is 9.10. The van der Waals surface area contributed by atoms with Crippen molar-refractivity contribution in [3.05, 3.63) is 55.1 Å². The van der Waals surface area contributed by atoms with Crippen LogP contribution in [0, 0.1) is 5.92 Å². The molecule has 3 heterocycles. The van der Waals surface area contributed by atoms with Gasteiger partial charge < -0.3 is 19.5 Å². The molecule has 1 saturated heterocycles. The monoisotopic (exact) mass is 642 g/mol. The molecule has 10 nitrogen and oxygen atoms in total. The van der Waals surface area contributed by atoms with E-state index in [0.717, 1.165) is 12.1 Å². The smallest absolute Gasteiger partial charge is 0.410 e. The first-order valence-electron chi connectivity index (χ1n) is 14.2. The molecule has 7 rings (SSSR count). The van der Waals surface area contributed by atoms with Gasteiger partial charge in [0, 0.05) is 35.7 Å². The molecule has 2 aromatic heterocycles. The zero-order valence-electron chi connectivity index (χ0n) is 23.2. The van der Waals surface area contributed by atoms with E-state index in [9.17, 15) is 14.4 Å². The van der Waals surface area contributed by atoms with Gasteiger partial charge in [-0.15, -0.1) is 5.10 Å². The van der Waals surface area contributed by atoms with E-state index >= 15 is 0 Å². The number of hydrogen-bond donors (Lipinski definition) is 1. The van der Waals surface area contributed by atoms with Crippen molar-refractivity contribution in [3.8, 4) is 0 Å². The highest BCUT2D eigenvalue weighted by Gasteiger charge is 2.64. The molecule has 0 radical (unpaired) electrons. The van der Waals surface area contributed by atoms with Crippen molar-refractivity contribution in [2.45, 2.75) is 82.3 Å². The molecular weight excluding hydrogens is 612 g/mol. The molecule has 216 valence electrons. The number of aromatic nitrogens is 4. The van der Waals surface area contributed by atoms with Crippen LogP contribution in [0.5, 0.6) is 0 Å². The maximum absolute atomic E-state index is 13.9. The van der Waals surface area contributed by atoms with Crippen LogP contribution in [-0.4, -0.2) is 54.8 Å². The number of carbonyl (C=O) groups is 2. The van der Waals surface area contributed by atoms with Gasteiger partial charge in [0.25, 0.3) is 5.56 Å². The number of nitrogens with one attached hydrogen (secondary N) is 1. The number of fused-ring (bicyclic) bond motifs is 6. The third-order valence-electron chi connectivity index (χ3n) is 9.03. The third-order valence-corrected chi connectivity index (χ3v) is 9.68. The van der Waals surface area contributed by atoms with Crippen molar-refractivity contribution in [3.63, 3.8) is 0 Å². The summed E-state index contributed by atoms with van der Waals surface area (Å²) in [7, 11) is 0. The minimum absolute atomic E-state index is 0.0265. The fraction of sp³-hybridized carbons (Fsp3) is 0.552. The van der Waals surface area contributed by atoms with Crippen molar-refractivity contribution in [2.75, 3.05) is 18.4 Å². The van der Waals surface area contributed by atoms with Gasteiger partial charge in [0.15, 0.2) is 0 Å². The number of likely N-dealkylation sites (tertiary alicyclic amines) is 1. The molecule has 1 aromatic carbocycles. The second-order valence-corrected chi connectivity index (χ2v) is 14.0. The van der Waals surface area contributed by atoms with Gasteiger partial charge in [0.1, 0.15) is 12.1 Å². The lowest BCUT2D eigenvalue weighted by molar-refractivity contribution is -0.116. The molecule has 4 aliphatic rings. The van der Waals surface area contributed by atoms with E-state index in [0.29, 0.717) is 59.8 Å². The number of benzene rings is 1. The average Bonchev–Trinajstić information content (AvgIpc) is 3.82. The van der Waals surface area contributed by atoms with Crippen LogP contribution in [0.4, 0.5) is 10.5 Å². The highest BCUT2D eigenvalue weighted by atomic mass is 79.9. The number of halogens is 2. The van der Waals surface area contributed by atoms with E-state index in [1.807, 2.05) is 43.5 Å². The van der Waals surface area contributed by atoms with Crippen LogP contribution >= 0.6 is 27.5 Å². The Balaban J connectivity index is 1.21. The highest BCUT2D eigenvalue weighted by Crippen LogP contribution is 2.67. The summed E-state index contributed by atoms with van der Waals surface area (Å²) in [5.41, 5.74) is 2.22. The molecule has 2 atom stereocenters. The quantitative estimate of drug-likeness (QED) is 0.418. The van der Waals surface area contributed by atoms with Gasteiger partial charge in [0.2, 0.25) is 16.4 Å². The number of piperidine rings is 1. The Morgan fingerprint density at radius 3 is 2.61 bits per heavy atom. The summed E-state index contributed by atoms with van der Waals surface area (Å²) in [6.07, 6.45) is 4.28. The van der Waals surface area contributed by atoms with Crippen LogP contribution in [0.1, 0.15) is 81.5 Å². The molecule has 1 aliphatic heterocycles. The first-order valence-corrected chi connectivity index (χ1v) is 15.4. The number of nitrogens with zero attached hydrogens (tertiary/aromatic N) is 5. The first kappa shape index (κ1) is 26.9. The molecule has 2 amide bonds. The Labute approximate surface area is 250 Å². The number of rotatable bonds is 4. The van der Waals surface area contributed by atoms with Crippen LogP contribution < -0.4 is 10.9 Å². The summed E-state index contributed by atoms with van der Waals surface area (Å²) in [6, 6.07) is 5.81. The lowest BCUT2D eigenvalue weighted by Gasteiger charge is -2.41. The van der Waals surface area contributed by atoms with Crippen molar-refractivity contribution in [1.82, 2.24) is 24.1 Å². The third kappa shape index (κ3) is 4.56. The molecule has 0 bridgehead atoms. The summed E-state index contributed by atoms with van der Waals surface area (Å²) >= 11 is 9.85. The fourth-order valence-corrected chi connectivity index (χ4v) is 7.58. The molecule has 3 fully saturated rings. The summed E-state index contributed by atoms with van der Waals surface area (Å²) < 4.78 is 9.05. The van der Waals surface area contributed by atoms with Crippen LogP contribution in [0.25, 0.3) is 5.78 Å². The minimum Gasteiger partial charge on any atom is -0.444 e. The SMILES string of the molecule is CC(C)(C)OC(=O)N1CCC2(CC1)c1c(n(CC(=O)Nc3ccc(C4CC4)cc3Cl)c3nc(Br)nn3c1=O)C1CC12. The topological polar surface area (TPSA) is 111 Å². The predicted octanol–water partition coefficient (Wildman–Crippen LogP) is 5.21. The van der Waals surface area contributed by atoms with Crippen LogP contribution in [0.2, 0.25) is 5.02 Å². The molecule has 41 heavy (non-hydrogen) atoms. The Kier molecular flexibility index (Phi) is 6.11. The van der Waals surface area contributed by atoms with Crippen molar-refractivity contribution in [1.29, 1.82) is 0 Å². The molecule has 1 N–H and O–H groups in total. The maximum Gasteiger partial charge on any atom is 0.410 e. The van der Waals surface area contributed by atoms with Gasteiger partial charge >= 0.3 is 6.09 Å². The van der Waals surface area contributed by atoms with Gasteiger partial charge in [-0.25, -0.2) is 4.79 Å². The molecule has 12 heteroatoms. The second kappa shape index (κ2) is 9.29. The Morgan fingerprint density at radius 2 is 1.95 bits per heavy atom. The number of ether oxygens (including phenoxy) is 1. The number of amides is 2.